The van der Waals surface area contributed by atoms with Crippen molar-refractivity contribution in [3.63, 3.8) is 0 Å². The van der Waals surface area contributed by atoms with Crippen LogP contribution < -0.4 is 5.32 Å². The van der Waals surface area contributed by atoms with E-state index in [0.717, 1.165) is 24.4 Å². The van der Waals surface area contributed by atoms with Gasteiger partial charge in [0.1, 0.15) is 0 Å². The van der Waals surface area contributed by atoms with Crippen LogP contribution in [0.4, 0.5) is 0 Å². The van der Waals surface area contributed by atoms with Crippen molar-refractivity contribution in [1.82, 2.24) is 5.32 Å². The predicted octanol–water partition coefficient (Wildman–Crippen LogP) is 5.23. The summed E-state index contributed by atoms with van der Waals surface area (Å²) in [4.78, 5) is 0. The van der Waals surface area contributed by atoms with E-state index < -0.39 is 0 Å². The molecule has 0 aliphatic rings. The average molecular weight is 400 g/mol. The van der Waals surface area contributed by atoms with Crippen LogP contribution >= 0.6 is 34.2 Å². The van der Waals surface area contributed by atoms with Crippen LogP contribution in [-0.2, 0) is 6.42 Å². The van der Waals surface area contributed by atoms with Crippen LogP contribution in [0.3, 0.4) is 0 Å². The van der Waals surface area contributed by atoms with E-state index in [-0.39, 0.29) is 6.04 Å². The maximum atomic E-state index is 6.35. The lowest BCUT2D eigenvalue weighted by Gasteiger charge is -2.20. The molecular weight excluding hydrogens is 381 g/mol. The maximum Gasteiger partial charge on any atom is 0.0453 e. The number of halogens is 2. The molecule has 0 fully saturated rings. The summed E-state index contributed by atoms with van der Waals surface area (Å²) in [6, 6.07) is 17.1. The third-order valence-corrected chi connectivity index (χ3v) is 4.34. The molecular formula is C17H19ClIN. The molecule has 0 radical (unpaired) electrons. The lowest BCUT2D eigenvalue weighted by atomic mass is 9.98. The first kappa shape index (κ1) is 15.8. The highest BCUT2D eigenvalue weighted by Gasteiger charge is 2.14. The fraction of sp³-hybridized carbons (Fsp3) is 0.294. The third-order valence-electron chi connectivity index (χ3n) is 3.27. The summed E-state index contributed by atoms with van der Waals surface area (Å²) in [6.07, 6.45) is 2.08. The molecule has 2 aromatic carbocycles. The molecule has 0 aliphatic carbocycles. The smallest absolute Gasteiger partial charge is 0.0453 e. The van der Waals surface area contributed by atoms with Gasteiger partial charge >= 0.3 is 0 Å². The van der Waals surface area contributed by atoms with Crippen molar-refractivity contribution < 1.29 is 0 Å². The van der Waals surface area contributed by atoms with E-state index in [0.29, 0.717) is 0 Å². The van der Waals surface area contributed by atoms with Crippen LogP contribution in [0.15, 0.2) is 48.5 Å². The standard InChI is InChI=1S/C17H19ClIN/c1-2-11-20-17(15-5-3-4-6-16(15)18)12-13-7-9-14(19)10-8-13/h3-10,17,20H,2,11-12H2,1H3. The largest absolute Gasteiger partial charge is 0.310 e. The van der Waals surface area contributed by atoms with Crippen molar-refractivity contribution in [3.05, 3.63) is 68.3 Å². The van der Waals surface area contributed by atoms with Gasteiger partial charge in [0, 0.05) is 14.6 Å². The zero-order valence-electron chi connectivity index (χ0n) is 11.6. The maximum absolute atomic E-state index is 6.35. The summed E-state index contributed by atoms with van der Waals surface area (Å²) in [6.45, 7) is 3.18. The van der Waals surface area contributed by atoms with Gasteiger partial charge in [0.05, 0.1) is 0 Å². The highest BCUT2D eigenvalue weighted by molar-refractivity contribution is 14.1. The van der Waals surface area contributed by atoms with Crippen LogP contribution in [0.25, 0.3) is 0 Å². The number of benzene rings is 2. The van der Waals surface area contributed by atoms with Crippen LogP contribution in [-0.4, -0.2) is 6.54 Å². The van der Waals surface area contributed by atoms with Gasteiger partial charge in [0.25, 0.3) is 0 Å². The Bertz CT molecular complexity index is 539. The number of hydrogen-bond donors (Lipinski definition) is 1. The SMILES string of the molecule is CCCNC(Cc1ccc(I)cc1)c1ccccc1Cl. The fourth-order valence-electron chi connectivity index (χ4n) is 2.22. The minimum absolute atomic E-state index is 0.267. The molecule has 0 saturated carbocycles. The van der Waals surface area contributed by atoms with Crippen LogP contribution in [0.5, 0.6) is 0 Å². The molecule has 1 unspecified atom stereocenters. The lowest BCUT2D eigenvalue weighted by molar-refractivity contribution is 0.529. The second-order valence-electron chi connectivity index (χ2n) is 4.86. The molecule has 20 heavy (non-hydrogen) atoms. The van der Waals surface area contributed by atoms with Crippen molar-refractivity contribution in [3.8, 4) is 0 Å². The van der Waals surface area contributed by atoms with Gasteiger partial charge < -0.3 is 5.32 Å². The van der Waals surface area contributed by atoms with E-state index in [1.807, 2.05) is 12.1 Å². The summed E-state index contributed by atoms with van der Waals surface area (Å²) in [7, 11) is 0. The Balaban J connectivity index is 2.19. The summed E-state index contributed by atoms with van der Waals surface area (Å²) in [5, 5.41) is 4.44. The Hall–Kier alpha value is -0.580. The molecule has 1 atom stereocenters. The molecule has 0 bridgehead atoms. The first-order valence-electron chi connectivity index (χ1n) is 6.93. The van der Waals surface area contributed by atoms with Gasteiger partial charge in [-0.2, -0.15) is 0 Å². The zero-order chi connectivity index (χ0) is 14.4. The van der Waals surface area contributed by atoms with E-state index in [9.17, 15) is 0 Å². The molecule has 1 N–H and O–H groups in total. The molecule has 106 valence electrons. The molecule has 2 aromatic rings. The number of hydrogen-bond acceptors (Lipinski definition) is 1. The van der Waals surface area contributed by atoms with Gasteiger partial charge in [-0.25, -0.2) is 0 Å². The molecule has 0 amide bonds. The molecule has 0 aliphatic heterocycles. The van der Waals surface area contributed by atoms with Gasteiger partial charge in [-0.3, -0.25) is 0 Å². The Morgan fingerprint density at radius 3 is 2.45 bits per heavy atom. The second-order valence-corrected chi connectivity index (χ2v) is 6.51. The monoisotopic (exact) mass is 399 g/mol. The van der Waals surface area contributed by atoms with Gasteiger partial charge in [-0.15, -0.1) is 0 Å². The molecule has 1 nitrogen and oxygen atoms in total. The lowest BCUT2D eigenvalue weighted by Crippen LogP contribution is -2.24. The Kier molecular flexibility index (Phi) is 6.33. The Labute approximate surface area is 139 Å². The predicted molar refractivity (Wildman–Crippen MR) is 95.3 cm³/mol. The molecule has 0 saturated heterocycles. The third kappa shape index (κ3) is 4.47. The van der Waals surface area contributed by atoms with Crippen molar-refractivity contribution in [1.29, 1.82) is 0 Å². The molecule has 0 spiro atoms. The van der Waals surface area contributed by atoms with Crippen molar-refractivity contribution in [2.45, 2.75) is 25.8 Å². The van der Waals surface area contributed by atoms with Gasteiger partial charge in [0.2, 0.25) is 0 Å². The van der Waals surface area contributed by atoms with Crippen LogP contribution in [0, 0.1) is 3.57 Å². The summed E-state index contributed by atoms with van der Waals surface area (Å²) < 4.78 is 1.27. The minimum atomic E-state index is 0.267. The van der Waals surface area contributed by atoms with E-state index in [1.165, 1.54) is 14.7 Å². The number of rotatable bonds is 6. The summed E-state index contributed by atoms with van der Waals surface area (Å²) in [5.74, 6) is 0. The molecule has 0 aromatic heterocycles. The summed E-state index contributed by atoms with van der Waals surface area (Å²) >= 11 is 8.68. The van der Waals surface area contributed by atoms with Crippen molar-refractivity contribution in [2.75, 3.05) is 6.54 Å². The molecule has 2 rings (SSSR count). The highest BCUT2D eigenvalue weighted by Crippen LogP contribution is 2.26. The first-order chi connectivity index (χ1) is 9.70. The topological polar surface area (TPSA) is 12.0 Å². The van der Waals surface area contributed by atoms with Crippen molar-refractivity contribution >= 4 is 34.2 Å². The van der Waals surface area contributed by atoms with Crippen LogP contribution in [0.1, 0.15) is 30.5 Å². The quantitative estimate of drug-likeness (QED) is 0.656. The van der Waals surface area contributed by atoms with E-state index in [4.69, 9.17) is 11.6 Å². The fourth-order valence-corrected chi connectivity index (χ4v) is 2.85. The molecule has 0 heterocycles. The van der Waals surface area contributed by atoms with E-state index in [1.54, 1.807) is 0 Å². The van der Waals surface area contributed by atoms with Gasteiger partial charge in [-0.1, -0.05) is 48.9 Å². The van der Waals surface area contributed by atoms with Gasteiger partial charge in [-0.05, 0) is 71.3 Å². The van der Waals surface area contributed by atoms with E-state index in [2.05, 4.69) is 71.2 Å². The number of nitrogens with one attached hydrogen (secondary N) is 1. The summed E-state index contributed by atoms with van der Waals surface area (Å²) in [5.41, 5.74) is 2.51. The van der Waals surface area contributed by atoms with E-state index >= 15 is 0 Å². The Morgan fingerprint density at radius 2 is 1.80 bits per heavy atom. The first-order valence-corrected chi connectivity index (χ1v) is 8.38. The Morgan fingerprint density at radius 1 is 1.10 bits per heavy atom. The van der Waals surface area contributed by atoms with Crippen LogP contribution in [0.2, 0.25) is 5.02 Å². The zero-order valence-corrected chi connectivity index (χ0v) is 14.5. The highest BCUT2D eigenvalue weighted by atomic mass is 127. The molecule has 3 heteroatoms. The van der Waals surface area contributed by atoms with Gasteiger partial charge in [0.15, 0.2) is 0 Å². The average Bonchev–Trinajstić information content (AvgIpc) is 2.46. The second kappa shape index (κ2) is 8.01. The minimum Gasteiger partial charge on any atom is -0.310 e. The van der Waals surface area contributed by atoms with Crippen molar-refractivity contribution in [2.24, 2.45) is 0 Å². The normalized spacial score (nSPS) is 12.3.